The second kappa shape index (κ2) is 9.94. The van der Waals surface area contributed by atoms with Gasteiger partial charge in [-0.25, -0.2) is 9.80 Å². The lowest BCUT2D eigenvalue weighted by Crippen LogP contribution is -2.49. The van der Waals surface area contributed by atoms with Crippen molar-refractivity contribution in [2.24, 2.45) is 5.10 Å². The summed E-state index contributed by atoms with van der Waals surface area (Å²) in [4.78, 5) is 27.2. The van der Waals surface area contributed by atoms with Crippen molar-refractivity contribution in [3.05, 3.63) is 59.7 Å². The standard InChI is InChI=1S/C25H32N4O4/c1-25(2,3)26-24(31)28(4)16-23(30)29-21(19-12-7-8-13-22(19)33-6)15-20(27-29)17-10-9-11-18(14-17)32-5/h7-14,21H,15-16H2,1-6H3,(H,26,31). The Morgan fingerprint density at radius 1 is 1.12 bits per heavy atom. The molecule has 0 aliphatic carbocycles. The molecule has 1 unspecified atom stereocenters. The molecule has 2 aromatic carbocycles. The zero-order valence-electron chi connectivity index (χ0n) is 20.1. The van der Waals surface area contributed by atoms with Crippen LogP contribution in [0, 0.1) is 0 Å². The number of rotatable bonds is 6. The van der Waals surface area contributed by atoms with Gasteiger partial charge in [-0.05, 0) is 39.0 Å². The Labute approximate surface area is 195 Å². The van der Waals surface area contributed by atoms with Gasteiger partial charge in [0.1, 0.15) is 18.0 Å². The van der Waals surface area contributed by atoms with Gasteiger partial charge in [-0.15, -0.1) is 0 Å². The maximum Gasteiger partial charge on any atom is 0.318 e. The number of carbonyl (C=O) groups excluding carboxylic acids is 2. The number of likely N-dealkylation sites (N-methyl/N-ethyl adjacent to an activating group) is 1. The monoisotopic (exact) mass is 452 g/mol. The Balaban J connectivity index is 1.91. The highest BCUT2D eigenvalue weighted by atomic mass is 16.5. The van der Waals surface area contributed by atoms with Crippen LogP contribution in [0.2, 0.25) is 0 Å². The van der Waals surface area contributed by atoms with E-state index in [4.69, 9.17) is 9.47 Å². The van der Waals surface area contributed by atoms with Gasteiger partial charge >= 0.3 is 6.03 Å². The molecule has 0 aromatic heterocycles. The SMILES string of the molecule is COc1cccc(C2=NN(C(=O)CN(C)C(=O)NC(C)(C)C)C(c3ccccc3OC)C2)c1. The van der Waals surface area contributed by atoms with Crippen molar-refractivity contribution >= 4 is 17.6 Å². The third-order valence-corrected chi connectivity index (χ3v) is 5.27. The van der Waals surface area contributed by atoms with Gasteiger partial charge in [0.25, 0.3) is 5.91 Å². The van der Waals surface area contributed by atoms with E-state index < -0.39 is 5.54 Å². The molecule has 176 valence electrons. The van der Waals surface area contributed by atoms with Gasteiger partial charge in [0.2, 0.25) is 0 Å². The first-order valence-electron chi connectivity index (χ1n) is 10.8. The normalized spacial score (nSPS) is 15.6. The van der Waals surface area contributed by atoms with Crippen LogP contribution in [-0.2, 0) is 4.79 Å². The summed E-state index contributed by atoms with van der Waals surface area (Å²) in [7, 11) is 4.82. The lowest BCUT2D eigenvalue weighted by atomic mass is 9.97. The number of nitrogens with one attached hydrogen (secondary N) is 1. The smallest absolute Gasteiger partial charge is 0.318 e. The topological polar surface area (TPSA) is 83.5 Å². The number of hydrogen-bond donors (Lipinski definition) is 1. The van der Waals surface area contributed by atoms with Crippen molar-refractivity contribution < 1.29 is 19.1 Å². The average molecular weight is 453 g/mol. The molecule has 0 bridgehead atoms. The van der Waals surface area contributed by atoms with E-state index in [1.807, 2.05) is 69.3 Å². The van der Waals surface area contributed by atoms with Gasteiger partial charge in [-0.1, -0.05) is 30.3 Å². The van der Waals surface area contributed by atoms with Crippen LogP contribution in [0.25, 0.3) is 0 Å². The van der Waals surface area contributed by atoms with Crippen LogP contribution in [-0.4, -0.2) is 60.9 Å². The molecule has 1 aliphatic heterocycles. The van der Waals surface area contributed by atoms with E-state index in [1.165, 1.54) is 9.91 Å². The van der Waals surface area contributed by atoms with Gasteiger partial charge < -0.3 is 19.7 Å². The highest BCUT2D eigenvalue weighted by molar-refractivity contribution is 6.03. The fraction of sp³-hybridized carbons (Fsp3) is 0.400. The highest BCUT2D eigenvalue weighted by Crippen LogP contribution is 2.37. The second-order valence-corrected chi connectivity index (χ2v) is 9.02. The first-order chi connectivity index (χ1) is 15.6. The lowest BCUT2D eigenvalue weighted by molar-refractivity contribution is -0.133. The van der Waals surface area contributed by atoms with Crippen LogP contribution in [0.1, 0.15) is 44.4 Å². The number of benzene rings is 2. The molecule has 1 aliphatic rings. The molecule has 0 saturated heterocycles. The molecule has 8 heteroatoms. The molecule has 1 heterocycles. The number of methoxy groups -OCH3 is 2. The molecule has 3 amide bonds. The molecule has 2 aromatic rings. The summed E-state index contributed by atoms with van der Waals surface area (Å²) in [5.41, 5.74) is 2.10. The number of amides is 3. The number of para-hydroxylation sites is 1. The molecule has 0 radical (unpaired) electrons. The Bertz CT molecular complexity index is 1040. The molecule has 0 spiro atoms. The van der Waals surface area contributed by atoms with Crippen molar-refractivity contribution in [2.75, 3.05) is 27.8 Å². The molecule has 33 heavy (non-hydrogen) atoms. The van der Waals surface area contributed by atoms with E-state index >= 15 is 0 Å². The Kier molecular flexibility index (Phi) is 7.26. The van der Waals surface area contributed by atoms with Crippen LogP contribution in [0.3, 0.4) is 0 Å². The Morgan fingerprint density at radius 2 is 1.85 bits per heavy atom. The molecular weight excluding hydrogens is 420 g/mol. The minimum absolute atomic E-state index is 0.109. The fourth-order valence-electron chi connectivity index (χ4n) is 3.66. The third kappa shape index (κ3) is 5.83. The predicted molar refractivity (Wildman–Crippen MR) is 128 cm³/mol. The molecule has 1 N–H and O–H groups in total. The molecule has 0 fully saturated rings. The number of ether oxygens (including phenoxy) is 2. The van der Waals surface area contributed by atoms with Crippen LogP contribution in [0.5, 0.6) is 11.5 Å². The third-order valence-electron chi connectivity index (χ3n) is 5.27. The molecule has 0 saturated carbocycles. The van der Waals surface area contributed by atoms with Crippen LogP contribution >= 0.6 is 0 Å². The van der Waals surface area contributed by atoms with Crippen LogP contribution in [0.15, 0.2) is 53.6 Å². The summed E-state index contributed by atoms with van der Waals surface area (Å²) in [5.74, 6) is 1.11. The van der Waals surface area contributed by atoms with Crippen LogP contribution in [0.4, 0.5) is 4.79 Å². The minimum Gasteiger partial charge on any atom is -0.497 e. The molecule has 1 atom stereocenters. The van der Waals surface area contributed by atoms with Crippen molar-refractivity contribution in [3.63, 3.8) is 0 Å². The number of nitrogens with zero attached hydrogens (tertiary/aromatic N) is 3. The van der Waals surface area contributed by atoms with Gasteiger partial charge in [0, 0.05) is 30.1 Å². The summed E-state index contributed by atoms with van der Waals surface area (Å²) >= 11 is 0. The fourth-order valence-corrected chi connectivity index (χ4v) is 3.66. The highest BCUT2D eigenvalue weighted by Gasteiger charge is 2.35. The quantitative estimate of drug-likeness (QED) is 0.722. The molecule has 3 rings (SSSR count). The first-order valence-corrected chi connectivity index (χ1v) is 10.8. The maximum absolute atomic E-state index is 13.3. The van der Waals surface area contributed by atoms with Gasteiger partial charge in [0.05, 0.1) is 26.0 Å². The minimum atomic E-state index is -0.403. The number of hydrazone groups is 1. The number of urea groups is 1. The van der Waals surface area contributed by atoms with E-state index in [0.29, 0.717) is 17.9 Å². The predicted octanol–water partition coefficient (Wildman–Crippen LogP) is 3.82. The van der Waals surface area contributed by atoms with Gasteiger partial charge in [-0.3, -0.25) is 4.79 Å². The molecular formula is C25H32N4O4. The maximum atomic E-state index is 13.3. The first kappa shape index (κ1) is 24.1. The summed E-state index contributed by atoms with van der Waals surface area (Å²) in [6.07, 6.45) is 0.511. The van der Waals surface area contributed by atoms with E-state index in [2.05, 4.69) is 10.4 Å². The Morgan fingerprint density at radius 3 is 2.52 bits per heavy atom. The summed E-state index contributed by atoms with van der Waals surface area (Å²) in [6.45, 7) is 5.57. The van der Waals surface area contributed by atoms with Gasteiger partial charge in [0.15, 0.2) is 0 Å². The largest absolute Gasteiger partial charge is 0.497 e. The van der Waals surface area contributed by atoms with Crippen LogP contribution < -0.4 is 14.8 Å². The summed E-state index contributed by atoms with van der Waals surface area (Å²) < 4.78 is 10.9. The van der Waals surface area contributed by atoms with Crippen molar-refractivity contribution in [2.45, 2.75) is 38.8 Å². The van der Waals surface area contributed by atoms with E-state index in [1.54, 1.807) is 21.3 Å². The van der Waals surface area contributed by atoms with Crippen molar-refractivity contribution in [1.29, 1.82) is 0 Å². The zero-order chi connectivity index (χ0) is 24.2. The van der Waals surface area contributed by atoms with Gasteiger partial charge in [-0.2, -0.15) is 5.10 Å². The Hall–Kier alpha value is -3.55. The van der Waals surface area contributed by atoms with Crippen molar-refractivity contribution in [3.8, 4) is 11.5 Å². The second-order valence-electron chi connectivity index (χ2n) is 9.02. The number of carbonyl (C=O) groups is 2. The van der Waals surface area contributed by atoms with E-state index in [0.717, 1.165) is 16.8 Å². The average Bonchev–Trinajstić information content (AvgIpc) is 3.23. The van der Waals surface area contributed by atoms with E-state index in [-0.39, 0.29) is 24.5 Å². The zero-order valence-corrected chi connectivity index (χ0v) is 20.1. The summed E-state index contributed by atoms with van der Waals surface area (Å²) in [6, 6.07) is 14.5. The summed E-state index contributed by atoms with van der Waals surface area (Å²) in [5, 5.41) is 9.02. The molecule has 8 nitrogen and oxygen atoms in total. The lowest BCUT2D eigenvalue weighted by Gasteiger charge is -2.28. The van der Waals surface area contributed by atoms with E-state index in [9.17, 15) is 9.59 Å². The van der Waals surface area contributed by atoms with Crippen molar-refractivity contribution in [1.82, 2.24) is 15.2 Å². The number of hydrogen-bond acceptors (Lipinski definition) is 5.